The molecule has 0 atom stereocenters. The van der Waals surface area contributed by atoms with Crippen LogP contribution in [0.1, 0.15) is 30.8 Å². The fourth-order valence-electron chi connectivity index (χ4n) is 3.16. The predicted molar refractivity (Wildman–Crippen MR) is 106 cm³/mol. The molecule has 0 bridgehead atoms. The summed E-state index contributed by atoms with van der Waals surface area (Å²) in [7, 11) is 0. The molecule has 0 fully saturated rings. The molecule has 1 aromatic carbocycles. The average molecular weight is 445 g/mol. The molecule has 0 aliphatic rings. The molecular formula is C22H16F5N5. The van der Waals surface area contributed by atoms with E-state index in [2.05, 4.69) is 20.1 Å². The van der Waals surface area contributed by atoms with Gasteiger partial charge in [-0.2, -0.15) is 32.0 Å². The fraction of sp³-hybridized carbons (Fsp3) is 0.182. The van der Waals surface area contributed by atoms with Crippen LogP contribution in [-0.4, -0.2) is 24.7 Å². The molecule has 0 saturated carbocycles. The van der Waals surface area contributed by atoms with Gasteiger partial charge in [0.2, 0.25) is 11.9 Å². The third-order valence-corrected chi connectivity index (χ3v) is 5.03. The lowest BCUT2D eigenvalue weighted by atomic mass is 9.86. The molecule has 0 amide bonds. The number of nitrogens with zero attached hydrogens (tertiary/aromatic N) is 5. The maximum absolute atomic E-state index is 14.1. The van der Waals surface area contributed by atoms with Gasteiger partial charge in [-0.05, 0) is 50.2 Å². The van der Waals surface area contributed by atoms with E-state index in [4.69, 9.17) is 0 Å². The van der Waals surface area contributed by atoms with Crippen molar-refractivity contribution in [2.75, 3.05) is 0 Å². The lowest BCUT2D eigenvalue weighted by Gasteiger charge is -2.22. The van der Waals surface area contributed by atoms with Gasteiger partial charge in [0.05, 0.1) is 45.5 Å². The molecular weight excluding hydrogens is 429 g/mol. The standard InChI is InChI=1S/C22H16F5N5/c1-21(2,18-12-28-11-16(29-18)15-6-7-19(23)30-20(15)24)17-8-9-32(31-17)14-5-3-4-13(10-14)22(25,26)27/h3-12H,1-2H3. The highest BCUT2D eigenvalue weighted by molar-refractivity contribution is 5.57. The third-order valence-electron chi connectivity index (χ3n) is 5.03. The Morgan fingerprint density at radius 3 is 2.38 bits per heavy atom. The largest absolute Gasteiger partial charge is 0.416 e. The van der Waals surface area contributed by atoms with E-state index in [9.17, 15) is 22.0 Å². The van der Waals surface area contributed by atoms with Crippen molar-refractivity contribution >= 4 is 0 Å². The molecule has 5 nitrogen and oxygen atoms in total. The van der Waals surface area contributed by atoms with Gasteiger partial charge in [-0.1, -0.05) is 6.07 Å². The number of alkyl halides is 3. The fourth-order valence-corrected chi connectivity index (χ4v) is 3.16. The predicted octanol–water partition coefficient (Wildman–Crippen LogP) is 5.35. The zero-order valence-electron chi connectivity index (χ0n) is 16.9. The molecule has 0 spiro atoms. The Balaban J connectivity index is 1.69. The van der Waals surface area contributed by atoms with Crippen LogP contribution >= 0.6 is 0 Å². The Morgan fingerprint density at radius 1 is 0.875 bits per heavy atom. The number of hydrogen-bond donors (Lipinski definition) is 0. The van der Waals surface area contributed by atoms with E-state index in [0.717, 1.165) is 18.2 Å². The number of rotatable bonds is 4. The summed E-state index contributed by atoms with van der Waals surface area (Å²) in [5, 5.41) is 4.43. The summed E-state index contributed by atoms with van der Waals surface area (Å²) in [6, 6.07) is 8.73. The van der Waals surface area contributed by atoms with Crippen molar-refractivity contribution in [3.05, 3.63) is 89.9 Å². The second-order valence-electron chi connectivity index (χ2n) is 7.58. The van der Waals surface area contributed by atoms with Crippen LogP contribution in [0.15, 0.2) is 61.1 Å². The van der Waals surface area contributed by atoms with Crippen molar-refractivity contribution in [1.82, 2.24) is 24.7 Å². The maximum Gasteiger partial charge on any atom is 0.416 e. The van der Waals surface area contributed by atoms with E-state index >= 15 is 0 Å². The van der Waals surface area contributed by atoms with Gasteiger partial charge in [-0.25, -0.2) is 9.67 Å². The van der Waals surface area contributed by atoms with E-state index in [-0.39, 0.29) is 16.9 Å². The number of halogens is 5. The van der Waals surface area contributed by atoms with Crippen molar-refractivity contribution in [1.29, 1.82) is 0 Å². The van der Waals surface area contributed by atoms with Crippen molar-refractivity contribution in [2.45, 2.75) is 25.4 Å². The second kappa shape index (κ2) is 7.77. The Hall–Kier alpha value is -3.69. The van der Waals surface area contributed by atoms with Crippen LogP contribution in [-0.2, 0) is 11.6 Å². The summed E-state index contributed by atoms with van der Waals surface area (Å²) in [6.45, 7) is 3.61. The first-order valence-corrected chi connectivity index (χ1v) is 9.44. The first-order valence-electron chi connectivity index (χ1n) is 9.44. The lowest BCUT2D eigenvalue weighted by Crippen LogP contribution is -2.22. The molecule has 0 unspecified atom stereocenters. The molecule has 0 radical (unpaired) electrons. The summed E-state index contributed by atoms with van der Waals surface area (Å²) < 4.78 is 67.6. The molecule has 0 aliphatic carbocycles. The summed E-state index contributed by atoms with van der Waals surface area (Å²) in [4.78, 5) is 11.7. The van der Waals surface area contributed by atoms with E-state index in [0.29, 0.717) is 11.4 Å². The number of aromatic nitrogens is 5. The molecule has 164 valence electrons. The van der Waals surface area contributed by atoms with Gasteiger partial charge in [0.25, 0.3) is 0 Å². The van der Waals surface area contributed by atoms with Gasteiger partial charge >= 0.3 is 6.18 Å². The first-order chi connectivity index (χ1) is 15.1. The van der Waals surface area contributed by atoms with Crippen LogP contribution in [0.5, 0.6) is 0 Å². The molecule has 10 heteroatoms. The smallest absolute Gasteiger partial charge is 0.261 e. The SMILES string of the molecule is CC(C)(c1cncc(-c2ccc(F)nc2F)n1)c1ccn(-c2cccc(C(F)(F)F)c2)n1. The zero-order valence-corrected chi connectivity index (χ0v) is 16.9. The summed E-state index contributed by atoms with van der Waals surface area (Å²) in [6.07, 6.45) is -0.0976. The van der Waals surface area contributed by atoms with Gasteiger partial charge < -0.3 is 0 Å². The third kappa shape index (κ3) is 4.08. The minimum absolute atomic E-state index is 0.00829. The molecule has 0 aliphatic heterocycles. The van der Waals surface area contributed by atoms with E-state index < -0.39 is 29.1 Å². The van der Waals surface area contributed by atoms with Gasteiger partial charge in [0, 0.05) is 12.4 Å². The highest BCUT2D eigenvalue weighted by Gasteiger charge is 2.31. The molecule has 0 saturated heterocycles. The Kier molecular flexibility index (Phi) is 5.23. The van der Waals surface area contributed by atoms with Crippen molar-refractivity contribution < 1.29 is 22.0 Å². The maximum atomic E-state index is 14.1. The van der Waals surface area contributed by atoms with Crippen molar-refractivity contribution in [2.24, 2.45) is 0 Å². The van der Waals surface area contributed by atoms with Crippen LogP contribution in [0.2, 0.25) is 0 Å². The molecule has 3 aromatic heterocycles. The molecule has 0 N–H and O–H groups in total. The van der Waals surface area contributed by atoms with Crippen molar-refractivity contribution in [3.8, 4) is 16.9 Å². The zero-order chi connectivity index (χ0) is 23.1. The minimum Gasteiger partial charge on any atom is -0.261 e. The van der Waals surface area contributed by atoms with Crippen LogP contribution in [0.3, 0.4) is 0 Å². The highest BCUT2D eigenvalue weighted by atomic mass is 19.4. The molecule has 3 heterocycles. The van der Waals surface area contributed by atoms with E-state index in [1.165, 1.54) is 35.3 Å². The summed E-state index contributed by atoms with van der Waals surface area (Å²) >= 11 is 0. The number of hydrogen-bond acceptors (Lipinski definition) is 4. The Bertz CT molecular complexity index is 1280. The van der Waals surface area contributed by atoms with Gasteiger partial charge in [-0.15, -0.1) is 0 Å². The molecule has 32 heavy (non-hydrogen) atoms. The second-order valence-corrected chi connectivity index (χ2v) is 7.58. The minimum atomic E-state index is -4.47. The van der Waals surface area contributed by atoms with Crippen LogP contribution < -0.4 is 0 Å². The van der Waals surface area contributed by atoms with Crippen LogP contribution in [0.4, 0.5) is 22.0 Å². The van der Waals surface area contributed by atoms with E-state index in [1.54, 1.807) is 26.1 Å². The highest BCUT2D eigenvalue weighted by Crippen LogP contribution is 2.32. The van der Waals surface area contributed by atoms with Gasteiger partial charge in [0.1, 0.15) is 0 Å². The van der Waals surface area contributed by atoms with Gasteiger partial charge in [-0.3, -0.25) is 4.98 Å². The number of benzene rings is 1. The summed E-state index contributed by atoms with van der Waals surface area (Å²) in [5.41, 5.74) is -0.239. The molecule has 4 rings (SSSR count). The Labute approximate surface area is 179 Å². The Morgan fingerprint density at radius 2 is 1.66 bits per heavy atom. The normalized spacial score (nSPS) is 12.2. The van der Waals surface area contributed by atoms with Crippen LogP contribution in [0, 0.1) is 11.9 Å². The van der Waals surface area contributed by atoms with Gasteiger partial charge in [0.15, 0.2) is 0 Å². The topological polar surface area (TPSA) is 56.5 Å². The van der Waals surface area contributed by atoms with E-state index in [1.807, 2.05) is 0 Å². The molecule has 4 aromatic rings. The first kappa shape index (κ1) is 21.5. The monoisotopic (exact) mass is 445 g/mol. The average Bonchev–Trinajstić information content (AvgIpc) is 3.25. The lowest BCUT2D eigenvalue weighted by molar-refractivity contribution is -0.137. The van der Waals surface area contributed by atoms with Crippen molar-refractivity contribution in [3.63, 3.8) is 0 Å². The summed E-state index contributed by atoms with van der Waals surface area (Å²) in [5.74, 6) is -1.96. The quantitative estimate of drug-likeness (QED) is 0.314. The van der Waals surface area contributed by atoms with Crippen LogP contribution in [0.25, 0.3) is 16.9 Å². The number of pyridine rings is 1.